The first kappa shape index (κ1) is 12.3. The van der Waals surface area contributed by atoms with Crippen molar-refractivity contribution in [1.29, 1.82) is 0 Å². The van der Waals surface area contributed by atoms with Gasteiger partial charge in [0, 0.05) is 5.56 Å². The van der Waals surface area contributed by atoms with Crippen molar-refractivity contribution in [2.24, 2.45) is 0 Å². The zero-order valence-corrected chi connectivity index (χ0v) is 11.5. The van der Waals surface area contributed by atoms with Gasteiger partial charge in [0.15, 0.2) is 0 Å². The molecule has 1 nitrogen and oxygen atoms in total. The second-order valence-corrected chi connectivity index (χ2v) is 5.33. The molecule has 19 heavy (non-hydrogen) atoms. The summed E-state index contributed by atoms with van der Waals surface area (Å²) in [5, 5.41) is 2.48. The van der Waals surface area contributed by atoms with Crippen LogP contribution in [0.2, 0.25) is 0 Å². The van der Waals surface area contributed by atoms with E-state index in [0.717, 1.165) is 17.7 Å². The first-order valence-electron chi connectivity index (χ1n) is 6.40. The molecule has 0 saturated carbocycles. The van der Waals surface area contributed by atoms with Crippen molar-refractivity contribution >= 4 is 22.4 Å². The standard InChI is InChI=1S/C17H15ClO/c1-12-9-15(11-19-12)17(18)10-14-7-4-6-13-5-2-3-8-16(13)14/h2-9,11,17H,10H2,1H3. The summed E-state index contributed by atoms with van der Waals surface area (Å²) in [4.78, 5) is 0. The van der Waals surface area contributed by atoms with Gasteiger partial charge in [-0.05, 0) is 35.7 Å². The van der Waals surface area contributed by atoms with Crippen molar-refractivity contribution in [3.63, 3.8) is 0 Å². The zero-order valence-electron chi connectivity index (χ0n) is 10.8. The maximum atomic E-state index is 6.49. The molecule has 96 valence electrons. The summed E-state index contributed by atoms with van der Waals surface area (Å²) in [7, 11) is 0. The van der Waals surface area contributed by atoms with Crippen LogP contribution in [-0.4, -0.2) is 0 Å². The largest absolute Gasteiger partial charge is 0.469 e. The molecule has 1 atom stereocenters. The molecule has 1 heterocycles. The minimum absolute atomic E-state index is 0.0525. The molecule has 1 aromatic heterocycles. The van der Waals surface area contributed by atoms with Crippen LogP contribution in [0.3, 0.4) is 0 Å². The van der Waals surface area contributed by atoms with Gasteiger partial charge in [0.25, 0.3) is 0 Å². The molecule has 0 bridgehead atoms. The van der Waals surface area contributed by atoms with Gasteiger partial charge >= 0.3 is 0 Å². The number of benzene rings is 2. The monoisotopic (exact) mass is 270 g/mol. The van der Waals surface area contributed by atoms with Crippen LogP contribution in [0, 0.1) is 6.92 Å². The van der Waals surface area contributed by atoms with E-state index in [1.165, 1.54) is 16.3 Å². The second-order valence-electron chi connectivity index (χ2n) is 4.80. The fourth-order valence-electron chi connectivity index (χ4n) is 2.41. The molecule has 0 aliphatic rings. The average molecular weight is 271 g/mol. The van der Waals surface area contributed by atoms with E-state index in [1.807, 2.05) is 13.0 Å². The highest BCUT2D eigenvalue weighted by atomic mass is 35.5. The lowest BCUT2D eigenvalue weighted by molar-refractivity contribution is 0.531. The number of aryl methyl sites for hydroxylation is 1. The molecular weight excluding hydrogens is 256 g/mol. The van der Waals surface area contributed by atoms with Gasteiger partial charge in [-0.1, -0.05) is 42.5 Å². The molecule has 0 fully saturated rings. The van der Waals surface area contributed by atoms with E-state index in [2.05, 4.69) is 42.5 Å². The summed E-state index contributed by atoms with van der Waals surface area (Å²) in [6.07, 6.45) is 2.56. The summed E-state index contributed by atoms with van der Waals surface area (Å²) in [6, 6.07) is 16.8. The Morgan fingerprint density at radius 3 is 2.68 bits per heavy atom. The number of hydrogen-bond acceptors (Lipinski definition) is 1. The van der Waals surface area contributed by atoms with E-state index in [1.54, 1.807) is 6.26 Å². The van der Waals surface area contributed by atoms with Crippen molar-refractivity contribution in [3.8, 4) is 0 Å². The summed E-state index contributed by atoms with van der Waals surface area (Å²) in [6.45, 7) is 1.94. The van der Waals surface area contributed by atoms with Crippen molar-refractivity contribution in [1.82, 2.24) is 0 Å². The number of alkyl halides is 1. The normalized spacial score (nSPS) is 12.7. The van der Waals surface area contributed by atoms with Crippen molar-refractivity contribution < 1.29 is 4.42 Å². The number of fused-ring (bicyclic) bond motifs is 1. The van der Waals surface area contributed by atoms with E-state index in [0.29, 0.717) is 0 Å². The molecule has 0 saturated heterocycles. The van der Waals surface area contributed by atoms with Crippen LogP contribution in [-0.2, 0) is 6.42 Å². The minimum Gasteiger partial charge on any atom is -0.469 e. The highest BCUT2D eigenvalue weighted by Crippen LogP contribution is 2.29. The second kappa shape index (κ2) is 5.10. The highest BCUT2D eigenvalue weighted by molar-refractivity contribution is 6.21. The van der Waals surface area contributed by atoms with Gasteiger partial charge in [-0.15, -0.1) is 11.6 Å². The maximum Gasteiger partial charge on any atom is 0.101 e. The van der Waals surface area contributed by atoms with Gasteiger partial charge in [-0.25, -0.2) is 0 Å². The quantitative estimate of drug-likeness (QED) is 0.592. The van der Waals surface area contributed by atoms with E-state index in [-0.39, 0.29) is 5.38 Å². The van der Waals surface area contributed by atoms with E-state index in [9.17, 15) is 0 Å². The predicted molar refractivity (Wildman–Crippen MR) is 79.7 cm³/mol. The molecule has 3 aromatic rings. The molecule has 0 amide bonds. The molecule has 1 unspecified atom stereocenters. The van der Waals surface area contributed by atoms with Gasteiger partial charge in [0.2, 0.25) is 0 Å². The molecule has 0 aliphatic carbocycles. The summed E-state index contributed by atoms with van der Waals surface area (Å²) in [5.41, 5.74) is 2.32. The van der Waals surface area contributed by atoms with Crippen LogP contribution in [0.5, 0.6) is 0 Å². The Bertz CT molecular complexity index is 694. The summed E-state index contributed by atoms with van der Waals surface area (Å²) >= 11 is 6.49. The van der Waals surface area contributed by atoms with Crippen molar-refractivity contribution in [2.75, 3.05) is 0 Å². The van der Waals surface area contributed by atoms with Crippen LogP contribution < -0.4 is 0 Å². The van der Waals surface area contributed by atoms with Crippen LogP contribution in [0.1, 0.15) is 22.3 Å². The van der Waals surface area contributed by atoms with Gasteiger partial charge in [0.05, 0.1) is 11.6 Å². The van der Waals surface area contributed by atoms with E-state index >= 15 is 0 Å². The lowest BCUT2D eigenvalue weighted by atomic mass is 9.99. The van der Waals surface area contributed by atoms with Crippen LogP contribution in [0.25, 0.3) is 10.8 Å². The smallest absolute Gasteiger partial charge is 0.101 e. The van der Waals surface area contributed by atoms with Crippen LogP contribution >= 0.6 is 11.6 Å². The fraction of sp³-hybridized carbons (Fsp3) is 0.176. The topological polar surface area (TPSA) is 13.1 Å². The Balaban J connectivity index is 1.93. The Hall–Kier alpha value is -1.73. The Morgan fingerprint density at radius 2 is 1.89 bits per heavy atom. The number of rotatable bonds is 3. The zero-order chi connectivity index (χ0) is 13.2. The summed E-state index contributed by atoms with van der Waals surface area (Å²) < 4.78 is 5.33. The average Bonchev–Trinajstić information content (AvgIpc) is 2.86. The lowest BCUT2D eigenvalue weighted by Crippen LogP contribution is -1.95. The fourth-order valence-corrected chi connectivity index (χ4v) is 2.69. The Morgan fingerprint density at radius 1 is 1.11 bits per heavy atom. The maximum absolute atomic E-state index is 6.49. The van der Waals surface area contributed by atoms with Crippen molar-refractivity contribution in [3.05, 3.63) is 71.7 Å². The molecule has 2 heteroatoms. The van der Waals surface area contributed by atoms with E-state index < -0.39 is 0 Å². The highest BCUT2D eigenvalue weighted by Gasteiger charge is 2.12. The van der Waals surface area contributed by atoms with Gasteiger partial charge in [-0.2, -0.15) is 0 Å². The lowest BCUT2D eigenvalue weighted by Gasteiger charge is -2.10. The molecule has 0 spiro atoms. The van der Waals surface area contributed by atoms with Gasteiger partial charge in [-0.3, -0.25) is 0 Å². The number of furan rings is 1. The van der Waals surface area contributed by atoms with Crippen molar-refractivity contribution in [2.45, 2.75) is 18.7 Å². The summed E-state index contributed by atoms with van der Waals surface area (Å²) in [5.74, 6) is 0.901. The van der Waals surface area contributed by atoms with Crippen LogP contribution in [0.4, 0.5) is 0 Å². The van der Waals surface area contributed by atoms with Crippen LogP contribution in [0.15, 0.2) is 59.2 Å². The minimum atomic E-state index is -0.0525. The van der Waals surface area contributed by atoms with E-state index in [4.69, 9.17) is 16.0 Å². The SMILES string of the molecule is Cc1cc(C(Cl)Cc2cccc3ccccc23)co1. The molecule has 0 N–H and O–H groups in total. The van der Waals surface area contributed by atoms with Gasteiger partial charge in [0.1, 0.15) is 5.76 Å². The first-order valence-corrected chi connectivity index (χ1v) is 6.83. The van der Waals surface area contributed by atoms with Gasteiger partial charge < -0.3 is 4.42 Å². The third kappa shape index (κ3) is 2.52. The number of hydrogen-bond donors (Lipinski definition) is 0. The molecule has 2 aromatic carbocycles. The molecule has 0 radical (unpaired) electrons. The molecule has 0 aliphatic heterocycles. The Labute approximate surface area is 117 Å². The molecule has 3 rings (SSSR count). The third-order valence-corrected chi connectivity index (χ3v) is 3.80. The third-order valence-electron chi connectivity index (χ3n) is 3.39. The predicted octanol–water partition coefficient (Wildman–Crippen LogP) is 5.26. The molecular formula is C17H15ClO. The first-order chi connectivity index (χ1) is 9.24. The number of halogens is 1. The Kier molecular flexibility index (Phi) is 3.31.